The number of carbonyl (C=O) groups is 1. The van der Waals surface area contributed by atoms with E-state index >= 15 is 0 Å². The number of unbranched alkanes of at least 4 members (excludes halogenated alkanes) is 2. The molecule has 0 atom stereocenters. The summed E-state index contributed by atoms with van der Waals surface area (Å²) in [4.78, 5) is 10.1. The summed E-state index contributed by atoms with van der Waals surface area (Å²) in [6, 6.07) is 0. The molecule has 0 aromatic heterocycles. The number of carboxylic acids is 1. The van der Waals surface area contributed by atoms with E-state index in [4.69, 9.17) is 9.84 Å². The second kappa shape index (κ2) is 8.05. The van der Waals surface area contributed by atoms with Crippen molar-refractivity contribution in [1.82, 2.24) is 0 Å². The van der Waals surface area contributed by atoms with Crippen molar-refractivity contribution in [3.05, 3.63) is 0 Å². The smallest absolute Gasteiger partial charge is 0.329 e. The summed E-state index contributed by atoms with van der Waals surface area (Å²) in [6.07, 6.45) is 4.57. The third-order valence-electron chi connectivity index (χ3n) is 1.80. The minimum atomic E-state index is -0.887. The molecule has 0 saturated carbocycles. The zero-order chi connectivity index (χ0) is 10.1. The normalized spacial score (nSPS) is 10.7. The Labute approximate surface area is 80.1 Å². The quantitative estimate of drug-likeness (QED) is 0.594. The number of rotatable bonds is 8. The molecule has 0 aliphatic heterocycles. The first-order valence-electron chi connectivity index (χ1n) is 4.92. The van der Waals surface area contributed by atoms with Crippen molar-refractivity contribution in [2.24, 2.45) is 5.92 Å². The van der Waals surface area contributed by atoms with Crippen molar-refractivity contribution in [1.29, 1.82) is 0 Å². The Kier molecular flexibility index (Phi) is 7.69. The number of hydrogen-bond donors (Lipinski definition) is 1. The van der Waals surface area contributed by atoms with Gasteiger partial charge in [-0.3, -0.25) is 0 Å². The van der Waals surface area contributed by atoms with Gasteiger partial charge in [0.1, 0.15) is 6.61 Å². The van der Waals surface area contributed by atoms with E-state index in [1.54, 1.807) is 0 Å². The van der Waals surface area contributed by atoms with Crippen LogP contribution in [0.5, 0.6) is 0 Å². The highest BCUT2D eigenvalue weighted by Crippen LogP contribution is 2.07. The van der Waals surface area contributed by atoms with Gasteiger partial charge in [0.25, 0.3) is 0 Å². The van der Waals surface area contributed by atoms with Gasteiger partial charge in [0, 0.05) is 6.61 Å². The number of carboxylic acid groups (broad SMARTS) is 1. The fourth-order valence-electron chi connectivity index (χ4n) is 1.09. The molecular formula is C10H20O3. The molecule has 13 heavy (non-hydrogen) atoms. The van der Waals surface area contributed by atoms with Crippen molar-refractivity contribution in [2.75, 3.05) is 13.2 Å². The molecule has 0 aromatic rings. The predicted octanol–water partition coefficient (Wildman–Crippen LogP) is 2.30. The van der Waals surface area contributed by atoms with Gasteiger partial charge in [-0.15, -0.1) is 0 Å². The van der Waals surface area contributed by atoms with Crippen molar-refractivity contribution in [3.63, 3.8) is 0 Å². The molecule has 0 heterocycles. The molecule has 3 heteroatoms. The van der Waals surface area contributed by atoms with Gasteiger partial charge in [-0.05, 0) is 12.3 Å². The fraction of sp³-hybridized carbons (Fsp3) is 0.900. The third kappa shape index (κ3) is 11.4. The summed E-state index contributed by atoms with van der Waals surface area (Å²) in [5.41, 5.74) is 0. The molecule has 0 amide bonds. The largest absolute Gasteiger partial charge is 0.480 e. The lowest BCUT2D eigenvalue weighted by molar-refractivity contribution is -0.142. The summed E-state index contributed by atoms with van der Waals surface area (Å²) in [6.45, 7) is 4.83. The molecule has 0 aromatic carbocycles. The molecule has 0 bridgehead atoms. The molecule has 3 nitrogen and oxygen atoms in total. The Morgan fingerprint density at radius 3 is 2.54 bits per heavy atom. The van der Waals surface area contributed by atoms with E-state index in [-0.39, 0.29) is 6.61 Å². The van der Waals surface area contributed by atoms with E-state index in [2.05, 4.69) is 13.8 Å². The summed E-state index contributed by atoms with van der Waals surface area (Å²) >= 11 is 0. The maximum Gasteiger partial charge on any atom is 0.329 e. The van der Waals surface area contributed by atoms with Crippen LogP contribution < -0.4 is 0 Å². The first-order chi connectivity index (χ1) is 6.13. The zero-order valence-electron chi connectivity index (χ0n) is 8.58. The van der Waals surface area contributed by atoms with Gasteiger partial charge in [-0.2, -0.15) is 0 Å². The first-order valence-corrected chi connectivity index (χ1v) is 4.92. The molecular weight excluding hydrogens is 168 g/mol. The van der Waals surface area contributed by atoms with Crippen molar-refractivity contribution >= 4 is 5.97 Å². The van der Waals surface area contributed by atoms with Crippen molar-refractivity contribution in [3.8, 4) is 0 Å². The molecule has 0 fully saturated rings. The number of ether oxygens (including phenoxy) is 1. The minimum absolute atomic E-state index is 0.163. The average Bonchev–Trinajstić information content (AvgIpc) is 2.01. The molecule has 0 saturated heterocycles. The Morgan fingerprint density at radius 1 is 1.31 bits per heavy atom. The summed E-state index contributed by atoms with van der Waals surface area (Å²) in [7, 11) is 0. The Balaban J connectivity index is 2.96. The Bertz CT molecular complexity index is 132. The summed E-state index contributed by atoms with van der Waals surface area (Å²) < 4.78 is 4.90. The van der Waals surface area contributed by atoms with Crippen LogP contribution >= 0.6 is 0 Å². The van der Waals surface area contributed by atoms with Crippen LogP contribution in [-0.4, -0.2) is 24.3 Å². The maximum absolute atomic E-state index is 10.1. The molecule has 0 rings (SSSR count). The molecule has 78 valence electrons. The molecule has 0 spiro atoms. The van der Waals surface area contributed by atoms with Gasteiger partial charge < -0.3 is 9.84 Å². The van der Waals surface area contributed by atoms with Crippen LogP contribution in [-0.2, 0) is 9.53 Å². The molecule has 0 aliphatic carbocycles. The van der Waals surface area contributed by atoms with Crippen molar-refractivity contribution in [2.45, 2.75) is 39.5 Å². The van der Waals surface area contributed by atoms with E-state index in [1.165, 1.54) is 12.8 Å². The monoisotopic (exact) mass is 188 g/mol. The fourth-order valence-corrected chi connectivity index (χ4v) is 1.09. The third-order valence-corrected chi connectivity index (χ3v) is 1.80. The molecule has 0 radical (unpaired) electrons. The van der Waals surface area contributed by atoms with Gasteiger partial charge in [0.05, 0.1) is 0 Å². The zero-order valence-corrected chi connectivity index (χ0v) is 8.58. The van der Waals surface area contributed by atoms with Crippen LogP contribution in [0.1, 0.15) is 39.5 Å². The van der Waals surface area contributed by atoms with Gasteiger partial charge in [-0.25, -0.2) is 4.79 Å². The highest BCUT2D eigenvalue weighted by atomic mass is 16.5. The number of hydrogen-bond acceptors (Lipinski definition) is 2. The van der Waals surface area contributed by atoms with Gasteiger partial charge in [0.2, 0.25) is 0 Å². The highest BCUT2D eigenvalue weighted by Gasteiger charge is 1.96. The molecule has 1 N–H and O–H groups in total. The van der Waals surface area contributed by atoms with Crippen LogP contribution in [0.3, 0.4) is 0 Å². The highest BCUT2D eigenvalue weighted by molar-refractivity contribution is 5.67. The number of aliphatic carboxylic acids is 1. The van der Waals surface area contributed by atoms with Crippen molar-refractivity contribution < 1.29 is 14.6 Å². The average molecular weight is 188 g/mol. The molecule has 0 unspecified atom stereocenters. The van der Waals surface area contributed by atoms with Gasteiger partial charge >= 0.3 is 5.97 Å². The Morgan fingerprint density at radius 2 is 2.00 bits per heavy atom. The predicted molar refractivity (Wildman–Crippen MR) is 51.8 cm³/mol. The van der Waals surface area contributed by atoms with Crippen LogP contribution in [0, 0.1) is 5.92 Å². The van der Waals surface area contributed by atoms with Crippen LogP contribution in [0.15, 0.2) is 0 Å². The van der Waals surface area contributed by atoms with Gasteiger partial charge in [-0.1, -0.05) is 33.1 Å². The maximum atomic E-state index is 10.1. The standard InChI is InChI=1S/C10H20O3/c1-9(2)6-4-3-5-7-13-8-10(11)12/h9H,3-8H2,1-2H3,(H,11,12). The Hall–Kier alpha value is -0.570. The lowest BCUT2D eigenvalue weighted by atomic mass is 10.1. The SMILES string of the molecule is CC(C)CCCCCOCC(=O)O. The lowest BCUT2D eigenvalue weighted by Gasteiger charge is -2.04. The minimum Gasteiger partial charge on any atom is -0.480 e. The lowest BCUT2D eigenvalue weighted by Crippen LogP contribution is -2.07. The van der Waals surface area contributed by atoms with E-state index in [0.717, 1.165) is 18.8 Å². The van der Waals surface area contributed by atoms with Crippen LogP contribution in [0.2, 0.25) is 0 Å². The van der Waals surface area contributed by atoms with Gasteiger partial charge in [0.15, 0.2) is 0 Å². The van der Waals surface area contributed by atoms with Crippen LogP contribution in [0.25, 0.3) is 0 Å². The van der Waals surface area contributed by atoms with E-state index in [1.807, 2.05) is 0 Å². The van der Waals surface area contributed by atoms with Crippen LogP contribution in [0.4, 0.5) is 0 Å². The van der Waals surface area contributed by atoms with E-state index in [9.17, 15) is 4.79 Å². The van der Waals surface area contributed by atoms with E-state index in [0.29, 0.717) is 6.61 Å². The first kappa shape index (κ1) is 12.4. The summed E-state index contributed by atoms with van der Waals surface area (Å²) in [5.74, 6) is -0.123. The molecule has 0 aliphatic rings. The van der Waals surface area contributed by atoms with E-state index < -0.39 is 5.97 Å². The summed E-state index contributed by atoms with van der Waals surface area (Å²) in [5, 5.41) is 8.26. The topological polar surface area (TPSA) is 46.5 Å². The second-order valence-electron chi connectivity index (χ2n) is 3.69. The second-order valence-corrected chi connectivity index (χ2v) is 3.69.